The number of methoxy groups -OCH3 is 1. The van der Waals surface area contributed by atoms with E-state index in [2.05, 4.69) is 30.2 Å². The SMILES string of the molecule is C=CCN(CC(=O)N1CCc2sccc2C1c1ccccc1)C(=O)c1cccc(OC)c1. The number of carbonyl (C=O) groups excluding carboxylic acids is 2. The molecule has 0 saturated carbocycles. The first-order chi connectivity index (χ1) is 15.6. The molecule has 1 aliphatic rings. The minimum Gasteiger partial charge on any atom is -0.497 e. The number of nitrogens with zero attached hydrogens (tertiary/aromatic N) is 2. The third kappa shape index (κ3) is 4.46. The molecule has 32 heavy (non-hydrogen) atoms. The van der Waals surface area contributed by atoms with E-state index >= 15 is 0 Å². The van der Waals surface area contributed by atoms with Gasteiger partial charge >= 0.3 is 0 Å². The Morgan fingerprint density at radius 3 is 2.75 bits per heavy atom. The van der Waals surface area contributed by atoms with Crippen molar-refractivity contribution in [1.82, 2.24) is 9.80 Å². The number of fused-ring (bicyclic) bond motifs is 1. The summed E-state index contributed by atoms with van der Waals surface area (Å²) in [5.41, 5.74) is 2.74. The molecule has 0 spiro atoms. The van der Waals surface area contributed by atoms with Gasteiger partial charge in [-0.25, -0.2) is 0 Å². The summed E-state index contributed by atoms with van der Waals surface area (Å²) in [6, 6.07) is 19.0. The van der Waals surface area contributed by atoms with Gasteiger partial charge < -0.3 is 14.5 Å². The first-order valence-corrected chi connectivity index (χ1v) is 11.4. The van der Waals surface area contributed by atoms with Crippen molar-refractivity contribution in [1.29, 1.82) is 0 Å². The number of hydrogen-bond acceptors (Lipinski definition) is 4. The van der Waals surface area contributed by atoms with Crippen LogP contribution in [-0.4, -0.2) is 48.4 Å². The number of ether oxygens (including phenoxy) is 1. The summed E-state index contributed by atoms with van der Waals surface area (Å²) >= 11 is 1.74. The van der Waals surface area contributed by atoms with E-state index in [1.807, 2.05) is 23.1 Å². The van der Waals surface area contributed by atoms with Crippen LogP contribution in [0.3, 0.4) is 0 Å². The van der Waals surface area contributed by atoms with Gasteiger partial charge in [0.2, 0.25) is 5.91 Å². The maximum absolute atomic E-state index is 13.5. The van der Waals surface area contributed by atoms with Crippen LogP contribution in [0, 0.1) is 0 Å². The van der Waals surface area contributed by atoms with Crippen LogP contribution in [0.25, 0.3) is 0 Å². The Kier molecular flexibility index (Phi) is 6.71. The van der Waals surface area contributed by atoms with Crippen molar-refractivity contribution >= 4 is 23.2 Å². The average molecular weight is 447 g/mol. The zero-order valence-electron chi connectivity index (χ0n) is 18.1. The highest BCUT2D eigenvalue weighted by Crippen LogP contribution is 2.37. The second-order valence-electron chi connectivity index (χ2n) is 7.66. The topological polar surface area (TPSA) is 49.9 Å². The lowest BCUT2D eigenvalue weighted by molar-refractivity contribution is -0.133. The molecule has 2 aromatic carbocycles. The van der Waals surface area contributed by atoms with Crippen molar-refractivity contribution in [3.05, 3.63) is 100 Å². The van der Waals surface area contributed by atoms with Crippen LogP contribution >= 0.6 is 11.3 Å². The van der Waals surface area contributed by atoms with E-state index in [0.29, 0.717) is 17.9 Å². The van der Waals surface area contributed by atoms with Gasteiger partial charge in [-0.05, 0) is 47.2 Å². The van der Waals surface area contributed by atoms with Gasteiger partial charge in [0.25, 0.3) is 5.91 Å². The van der Waals surface area contributed by atoms with Crippen molar-refractivity contribution in [2.45, 2.75) is 12.5 Å². The zero-order valence-corrected chi connectivity index (χ0v) is 18.9. The second kappa shape index (κ2) is 9.83. The molecule has 0 bridgehead atoms. The molecule has 1 atom stereocenters. The van der Waals surface area contributed by atoms with Gasteiger partial charge in [-0.1, -0.05) is 42.5 Å². The van der Waals surface area contributed by atoms with Crippen LogP contribution in [0.1, 0.15) is 32.4 Å². The maximum Gasteiger partial charge on any atom is 0.254 e. The monoisotopic (exact) mass is 446 g/mol. The minimum absolute atomic E-state index is 0.00906. The highest BCUT2D eigenvalue weighted by atomic mass is 32.1. The number of carbonyl (C=O) groups is 2. The normalized spacial score (nSPS) is 15.0. The van der Waals surface area contributed by atoms with E-state index in [1.54, 1.807) is 48.8 Å². The highest BCUT2D eigenvalue weighted by Gasteiger charge is 2.33. The molecule has 0 radical (unpaired) electrons. The number of hydrogen-bond donors (Lipinski definition) is 0. The first-order valence-electron chi connectivity index (χ1n) is 10.6. The smallest absolute Gasteiger partial charge is 0.254 e. The fraction of sp³-hybridized carbons (Fsp3) is 0.231. The molecule has 3 aromatic rings. The Balaban J connectivity index is 1.60. The summed E-state index contributed by atoms with van der Waals surface area (Å²) in [6.45, 7) is 4.68. The van der Waals surface area contributed by atoms with E-state index in [0.717, 1.165) is 12.0 Å². The molecule has 0 saturated heterocycles. The Bertz CT molecular complexity index is 1110. The molecular formula is C26H26N2O3S. The third-order valence-corrected chi connectivity index (χ3v) is 6.68. The van der Waals surface area contributed by atoms with Crippen molar-refractivity contribution in [2.75, 3.05) is 26.7 Å². The van der Waals surface area contributed by atoms with Crippen molar-refractivity contribution in [3.8, 4) is 5.75 Å². The molecule has 6 heteroatoms. The predicted octanol–water partition coefficient (Wildman–Crippen LogP) is 4.56. The van der Waals surface area contributed by atoms with E-state index < -0.39 is 0 Å². The molecule has 1 unspecified atom stereocenters. The molecule has 0 fully saturated rings. The largest absolute Gasteiger partial charge is 0.497 e. The molecule has 5 nitrogen and oxygen atoms in total. The second-order valence-corrected chi connectivity index (χ2v) is 8.66. The summed E-state index contributed by atoms with van der Waals surface area (Å²) in [5.74, 6) is 0.307. The van der Waals surface area contributed by atoms with Crippen molar-refractivity contribution < 1.29 is 14.3 Å². The Hall–Kier alpha value is -3.38. The van der Waals surface area contributed by atoms with Gasteiger partial charge in [-0.15, -0.1) is 17.9 Å². The lowest BCUT2D eigenvalue weighted by Crippen LogP contribution is -2.46. The van der Waals surface area contributed by atoms with Gasteiger partial charge in [0.05, 0.1) is 13.2 Å². The van der Waals surface area contributed by atoms with Gasteiger partial charge in [0.1, 0.15) is 12.3 Å². The van der Waals surface area contributed by atoms with Crippen molar-refractivity contribution in [3.63, 3.8) is 0 Å². The Morgan fingerprint density at radius 1 is 1.19 bits per heavy atom. The molecule has 1 aromatic heterocycles. The summed E-state index contributed by atoms with van der Waals surface area (Å²) in [5, 5.41) is 2.09. The maximum atomic E-state index is 13.5. The molecule has 164 valence electrons. The molecule has 1 aliphatic heterocycles. The van der Waals surface area contributed by atoms with Crippen LogP contribution in [-0.2, 0) is 11.2 Å². The fourth-order valence-electron chi connectivity index (χ4n) is 4.15. The number of benzene rings is 2. The average Bonchev–Trinajstić information content (AvgIpc) is 3.32. The standard InChI is InChI=1S/C26H26N2O3S/c1-3-14-27(26(30)20-10-7-11-21(17-20)31-2)18-24(29)28-15-12-23-22(13-16-32-23)25(28)19-8-5-4-6-9-19/h3-11,13,16-17,25H,1,12,14-15,18H2,2H3. The van der Waals surface area contributed by atoms with Crippen LogP contribution in [0.5, 0.6) is 5.75 Å². The summed E-state index contributed by atoms with van der Waals surface area (Å²) < 4.78 is 5.24. The van der Waals surface area contributed by atoms with Crippen LogP contribution < -0.4 is 4.74 Å². The number of rotatable bonds is 7. The molecular weight excluding hydrogens is 420 g/mol. The van der Waals surface area contributed by atoms with Gasteiger partial charge in [0.15, 0.2) is 0 Å². The molecule has 2 heterocycles. The lowest BCUT2D eigenvalue weighted by Gasteiger charge is -2.37. The molecule has 2 amide bonds. The van der Waals surface area contributed by atoms with Gasteiger partial charge in [-0.2, -0.15) is 0 Å². The van der Waals surface area contributed by atoms with E-state index in [9.17, 15) is 9.59 Å². The molecule has 0 N–H and O–H groups in total. The summed E-state index contributed by atoms with van der Waals surface area (Å²) in [7, 11) is 1.56. The molecule has 4 rings (SSSR count). The third-order valence-electron chi connectivity index (χ3n) is 5.68. The van der Waals surface area contributed by atoms with Crippen LogP contribution in [0.4, 0.5) is 0 Å². The minimum atomic E-state index is -0.221. The highest BCUT2D eigenvalue weighted by molar-refractivity contribution is 7.10. The van der Waals surface area contributed by atoms with Gasteiger partial charge in [0, 0.05) is 23.5 Å². The Morgan fingerprint density at radius 2 is 2.00 bits per heavy atom. The predicted molar refractivity (Wildman–Crippen MR) is 127 cm³/mol. The number of amides is 2. The molecule has 0 aliphatic carbocycles. The van der Waals surface area contributed by atoms with E-state index in [-0.39, 0.29) is 30.9 Å². The Labute approximate surface area is 192 Å². The quantitative estimate of drug-likeness (QED) is 0.500. The van der Waals surface area contributed by atoms with E-state index in [1.165, 1.54) is 15.3 Å². The lowest BCUT2D eigenvalue weighted by atomic mass is 9.93. The zero-order chi connectivity index (χ0) is 22.5. The van der Waals surface area contributed by atoms with E-state index in [4.69, 9.17) is 4.74 Å². The summed E-state index contributed by atoms with van der Waals surface area (Å²) in [4.78, 5) is 31.5. The first kappa shape index (κ1) is 21.8. The van der Waals surface area contributed by atoms with Crippen molar-refractivity contribution in [2.24, 2.45) is 0 Å². The fourth-order valence-corrected chi connectivity index (χ4v) is 5.05. The summed E-state index contributed by atoms with van der Waals surface area (Å²) in [6.07, 6.45) is 2.47. The van der Waals surface area contributed by atoms with Crippen LogP contribution in [0.2, 0.25) is 0 Å². The van der Waals surface area contributed by atoms with Gasteiger partial charge in [-0.3, -0.25) is 9.59 Å². The number of thiophene rings is 1. The van der Waals surface area contributed by atoms with Crippen LogP contribution in [0.15, 0.2) is 78.7 Å².